The number of carbonyl (C=O) groups excluding carboxylic acids is 2. The van der Waals surface area contributed by atoms with Gasteiger partial charge >= 0.3 is 17.9 Å². The van der Waals surface area contributed by atoms with Gasteiger partial charge < -0.3 is 15.2 Å². The smallest absolute Gasteiger partial charge is 0.312 e. The number of esters is 2. The van der Waals surface area contributed by atoms with E-state index < -0.39 is 0 Å². The number of carbonyl (C=O) groups is 2. The molecule has 0 spiro atoms. The number of hydrogen-bond acceptors (Lipinski definition) is 7. The Morgan fingerprint density at radius 1 is 0.615 bits per heavy atom. The standard InChI is InChI=1S/C43H84N5O4/c1-3-5-7-9-11-13-15-17-19-21-24-28-41(49)51-38-34-46(40-30-32-47(33-31-40)48(43(44)45)36-26-23-27-37-48)35-39-52-42(50)29-25-22-20-18-16-14-12-10-8-6-4-2/h40H,3-39H2,1-2H3,(H3,44,45)/q+1. The molecule has 2 aliphatic rings. The molecule has 9 nitrogen and oxygen atoms in total. The maximum atomic E-state index is 12.6. The number of unbranched alkanes of at least 4 members (excludes halogenated alkanes) is 20. The Morgan fingerprint density at radius 3 is 1.35 bits per heavy atom. The fourth-order valence-corrected chi connectivity index (χ4v) is 8.35. The number of guanidine groups is 1. The molecule has 9 heteroatoms. The van der Waals surface area contributed by atoms with Gasteiger partial charge in [-0.05, 0) is 44.9 Å². The van der Waals surface area contributed by atoms with Crippen LogP contribution in [0.1, 0.15) is 200 Å². The molecule has 0 aromatic carbocycles. The normalized spacial score (nSPS) is 16.7. The number of piperidine rings is 2. The molecule has 2 fully saturated rings. The van der Waals surface area contributed by atoms with Crippen molar-refractivity contribution in [3.05, 3.63) is 0 Å². The van der Waals surface area contributed by atoms with E-state index in [-0.39, 0.29) is 17.9 Å². The number of nitrogens with zero attached hydrogens (tertiary/aromatic N) is 3. The topological polar surface area (TPSA) is 109 Å². The summed E-state index contributed by atoms with van der Waals surface area (Å²) < 4.78 is 12.0. The van der Waals surface area contributed by atoms with Gasteiger partial charge in [0.25, 0.3) is 0 Å². The largest absolute Gasteiger partial charge is 0.464 e. The van der Waals surface area contributed by atoms with Crippen LogP contribution in [0, 0.1) is 5.41 Å². The molecule has 304 valence electrons. The number of rotatable bonds is 32. The first kappa shape index (κ1) is 46.4. The van der Waals surface area contributed by atoms with Crippen molar-refractivity contribution >= 4 is 17.9 Å². The van der Waals surface area contributed by atoms with E-state index in [4.69, 9.17) is 20.6 Å². The van der Waals surface area contributed by atoms with E-state index >= 15 is 0 Å². The van der Waals surface area contributed by atoms with Crippen LogP contribution in [0.2, 0.25) is 0 Å². The average Bonchev–Trinajstić information content (AvgIpc) is 3.15. The fraction of sp³-hybridized carbons (Fsp3) is 0.930. The zero-order chi connectivity index (χ0) is 37.5. The van der Waals surface area contributed by atoms with E-state index in [9.17, 15) is 9.59 Å². The Labute approximate surface area is 320 Å². The van der Waals surface area contributed by atoms with Crippen molar-refractivity contribution in [3.8, 4) is 0 Å². The molecule has 2 heterocycles. The van der Waals surface area contributed by atoms with E-state index in [0.717, 1.165) is 77.5 Å². The fourth-order valence-electron chi connectivity index (χ4n) is 8.35. The summed E-state index contributed by atoms with van der Waals surface area (Å²) in [5.74, 6) is 0.0774. The number of nitrogens with one attached hydrogen (secondary N) is 1. The van der Waals surface area contributed by atoms with Crippen molar-refractivity contribution in [3.63, 3.8) is 0 Å². The van der Waals surface area contributed by atoms with Crippen molar-refractivity contribution in [1.29, 1.82) is 5.41 Å². The predicted molar refractivity (Wildman–Crippen MR) is 216 cm³/mol. The minimum atomic E-state index is -0.0953. The Morgan fingerprint density at radius 2 is 0.981 bits per heavy atom. The maximum Gasteiger partial charge on any atom is 0.312 e. The second-order valence-electron chi connectivity index (χ2n) is 16.0. The summed E-state index contributed by atoms with van der Waals surface area (Å²) in [5.41, 5.74) is 6.20. The van der Waals surface area contributed by atoms with Crippen LogP contribution in [-0.4, -0.2) is 90.9 Å². The lowest BCUT2D eigenvalue weighted by Crippen LogP contribution is -2.69. The van der Waals surface area contributed by atoms with Gasteiger partial charge in [0.15, 0.2) is 0 Å². The minimum absolute atomic E-state index is 0.0953. The Kier molecular flexibility index (Phi) is 27.3. The highest BCUT2D eigenvalue weighted by Gasteiger charge is 2.43. The van der Waals surface area contributed by atoms with Crippen LogP contribution in [0.4, 0.5) is 0 Å². The van der Waals surface area contributed by atoms with Gasteiger partial charge in [0.2, 0.25) is 0 Å². The molecule has 3 N–H and O–H groups in total. The molecule has 2 rings (SSSR count). The number of likely N-dealkylation sites (tertiary alicyclic amines) is 1. The van der Waals surface area contributed by atoms with E-state index in [1.54, 1.807) is 0 Å². The van der Waals surface area contributed by atoms with Gasteiger partial charge in [0, 0.05) is 45.1 Å². The highest BCUT2D eigenvalue weighted by atomic mass is 16.5. The number of ether oxygens (including phenoxy) is 2. The average molecular weight is 735 g/mol. The minimum Gasteiger partial charge on any atom is -0.464 e. The molecular formula is C43H84N5O4+. The molecule has 0 unspecified atom stereocenters. The third-order valence-corrected chi connectivity index (χ3v) is 11.8. The molecule has 0 saturated carbocycles. The summed E-state index contributed by atoms with van der Waals surface area (Å²) in [6.07, 6.45) is 34.2. The first-order valence-corrected chi connectivity index (χ1v) is 22.4. The number of hydrogen-bond donors (Lipinski definition) is 2. The van der Waals surface area contributed by atoms with Crippen molar-refractivity contribution in [2.75, 3.05) is 52.5 Å². The SMILES string of the molecule is CCCCCCCCCCCCCC(=O)OCCN(CCOC(=O)CCCCCCCCCCCCC)C1CCN([N+]2(C(=N)N)CCCCC2)CC1. The highest BCUT2D eigenvalue weighted by Crippen LogP contribution is 2.27. The maximum absolute atomic E-state index is 12.6. The van der Waals surface area contributed by atoms with Gasteiger partial charge in [-0.25, -0.2) is 5.41 Å². The van der Waals surface area contributed by atoms with Gasteiger partial charge in [0.1, 0.15) is 26.3 Å². The van der Waals surface area contributed by atoms with Gasteiger partial charge in [-0.2, -0.15) is 4.59 Å². The molecule has 2 aliphatic heterocycles. The summed E-state index contributed by atoms with van der Waals surface area (Å²) in [5, 5.41) is 10.8. The first-order chi connectivity index (χ1) is 25.4. The lowest BCUT2D eigenvalue weighted by molar-refractivity contribution is -0.966. The third-order valence-electron chi connectivity index (χ3n) is 11.8. The quantitative estimate of drug-likeness (QED) is 0.0233. The monoisotopic (exact) mass is 735 g/mol. The number of nitrogens with two attached hydrogens (primary N) is 1. The zero-order valence-corrected chi connectivity index (χ0v) is 34.3. The molecule has 0 bridgehead atoms. The van der Waals surface area contributed by atoms with E-state index in [1.807, 2.05) is 0 Å². The lowest BCUT2D eigenvalue weighted by atomic mass is 10.0. The molecule has 0 amide bonds. The van der Waals surface area contributed by atoms with E-state index in [1.165, 1.54) is 122 Å². The van der Waals surface area contributed by atoms with Crippen LogP contribution >= 0.6 is 0 Å². The number of quaternary nitrogens is 1. The second kappa shape index (κ2) is 30.6. The molecule has 0 aromatic rings. The Hall–Kier alpha value is -1.71. The molecule has 0 aromatic heterocycles. The summed E-state index contributed by atoms with van der Waals surface area (Å²) in [4.78, 5) is 27.5. The van der Waals surface area contributed by atoms with Gasteiger partial charge in [-0.1, -0.05) is 142 Å². The van der Waals surface area contributed by atoms with Crippen molar-refractivity contribution in [2.24, 2.45) is 5.73 Å². The molecular weight excluding hydrogens is 651 g/mol. The summed E-state index contributed by atoms with van der Waals surface area (Å²) in [6.45, 7) is 10.2. The van der Waals surface area contributed by atoms with Crippen LogP contribution in [-0.2, 0) is 19.1 Å². The highest BCUT2D eigenvalue weighted by molar-refractivity contribution is 5.69. The molecule has 0 radical (unpaired) electrons. The van der Waals surface area contributed by atoms with Crippen LogP contribution in [0.5, 0.6) is 0 Å². The lowest BCUT2D eigenvalue weighted by Gasteiger charge is -2.49. The van der Waals surface area contributed by atoms with Gasteiger partial charge in [0.05, 0.1) is 0 Å². The van der Waals surface area contributed by atoms with Gasteiger partial charge in [-0.15, -0.1) is 5.01 Å². The summed E-state index contributed by atoms with van der Waals surface area (Å²) in [6, 6.07) is 0.323. The van der Waals surface area contributed by atoms with Crippen molar-refractivity contribution in [2.45, 2.75) is 206 Å². The molecule has 0 atom stereocenters. The Balaban J connectivity index is 1.69. The van der Waals surface area contributed by atoms with E-state index in [0.29, 0.717) is 49.8 Å². The third kappa shape index (κ3) is 20.7. The van der Waals surface area contributed by atoms with Crippen LogP contribution < -0.4 is 5.73 Å². The van der Waals surface area contributed by atoms with Crippen molar-refractivity contribution < 1.29 is 23.7 Å². The zero-order valence-electron chi connectivity index (χ0n) is 34.3. The summed E-state index contributed by atoms with van der Waals surface area (Å²) in [7, 11) is 0. The van der Waals surface area contributed by atoms with Crippen molar-refractivity contribution in [1.82, 2.24) is 9.91 Å². The first-order valence-electron chi connectivity index (χ1n) is 22.4. The molecule has 0 aliphatic carbocycles. The van der Waals surface area contributed by atoms with Gasteiger partial charge in [-0.3, -0.25) is 14.5 Å². The predicted octanol–water partition coefficient (Wildman–Crippen LogP) is 10.1. The summed E-state index contributed by atoms with van der Waals surface area (Å²) >= 11 is 0. The van der Waals surface area contributed by atoms with E-state index in [2.05, 4.69) is 23.8 Å². The van der Waals surface area contributed by atoms with Crippen LogP contribution in [0.25, 0.3) is 0 Å². The molecule has 52 heavy (non-hydrogen) atoms. The Bertz CT molecular complexity index is 860. The van der Waals surface area contributed by atoms with Crippen LogP contribution in [0.15, 0.2) is 0 Å². The molecule has 2 saturated heterocycles. The van der Waals surface area contributed by atoms with Crippen LogP contribution in [0.3, 0.4) is 0 Å². The second-order valence-corrected chi connectivity index (χ2v) is 16.0.